The fraction of sp³-hybridized carbons (Fsp3) is 0.231. The minimum absolute atomic E-state index is 0.0762. The molecule has 6 heteroatoms. The number of nitrogens with zero attached hydrogens (tertiary/aromatic N) is 1. The lowest BCUT2D eigenvalue weighted by Crippen LogP contribution is -2.27. The van der Waals surface area contributed by atoms with Crippen LogP contribution in [0.3, 0.4) is 0 Å². The van der Waals surface area contributed by atoms with Crippen LogP contribution < -0.4 is 10.1 Å². The lowest BCUT2D eigenvalue weighted by molar-refractivity contribution is 0.102. The number of anilines is 1. The maximum atomic E-state index is 12.9. The molecular formula is C26H28N2O4. The average Bonchev–Trinajstić information content (AvgIpc) is 2.83. The number of phenols is 1. The standard InChI is InChI=1S/C26H28N2O4/c1-3-28(4-2)14-15-32-22-12-13-25(30)23(17-22)26(31)27-24-16-20(10-11-21(24)18-29)19-8-6-5-7-9-19/h5-13,16-18,30H,3-4,14-15H2,1-2H3,(H,27,31). The van der Waals surface area contributed by atoms with E-state index in [4.69, 9.17) is 4.74 Å². The first-order valence-electron chi connectivity index (χ1n) is 10.7. The number of aromatic hydroxyl groups is 1. The summed E-state index contributed by atoms with van der Waals surface area (Å²) in [6.07, 6.45) is 0.691. The van der Waals surface area contributed by atoms with E-state index >= 15 is 0 Å². The van der Waals surface area contributed by atoms with Crippen molar-refractivity contribution >= 4 is 17.9 Å². The summed E-state index contributed by atoms with van der Waals surface area (Å²) in [6, 6.07) is 19.5. The van der Waals surface area contributed by atoms with E-state index in [1.54, 1.807) is 18.2 Å². The van der Waals surface area contributed by atoms with Gasteiger partial charge in [-0.2, -0.15) is 0 Å². The van der Waals surface area contributed by atoms with Gasteiger partial charge in [-0.1, -0.05) is 50.2 Å². The molecule has 0 aliphatic heterocycles. The smallest absolute Gasteiger partial charge is 0.259 e. The van der Waals surface area contributed by atoms with E-state index in [1.165, 1.54) is 12.1 Å². The maximum Gasteiger partial charge on any atom is 0.259 e. The Morgan fingerprint density at radius 1 is 1.00 bits per heavy atom. The fourth-order valence-corrected chi connectivity index (χ4v) is 3.39. The monoisotopic (exact) mass is 432 g/mol. The van der Waals surface area contributed by atoms with Gasteiger partial charge in [0, 0.05) is 12.1 Å². The zero-order valence-corrected chi connectivity index (χ0v) is 18.4. The molecule has 0 aliphatic rings. The third kappa shape index (κ3) is 5.74. The summed E-state index contributed by atoms with van der Waals surface area (Å²) in [5.74, 6) is -0.191. The highest BCUT2D eigenvalue weighted by Gasteiger charge is 2.15. The Morgan fingerprint density at radius 2 is 1.75 bits per heavy atom. The first kappa shape index (κ1) is 23.0. The molecule has 0 aliphatic carbocycles. The van der Waals surface area contributed by atoms with Crippen LogP contribution in [0.15, 0.2) is 66.7 Å². The first-order valence-corrected chi connectivity index (χ1v) is 10.7. The predicted octanol–water partition coefficient (Wildman–Crippen LogP) is 4.84. The number of rotatable bonds is 10. The highest BCUT2D eigenvalue weighted by Crippen LogP contribution is 2.28. The third-order valence-corrected chi connectivity index (χ3v) is 5.32. The lowest BCUT2D eigenvalue weighted by Gasteiger charge is -2.18. The van der Waals surface area contributed by atoms with Crippen molar-refractivity contribution in [2.75, 3.05) is 31.6 Å². The largest absolute Gasteiger partial charge is 0.507 e. The van der Waals surface area contributed by atoms with Crippen molar-refractivity contribution in [1.29, 1.82) is 0 Å². The van der Waals surface area contributed by atoms with Gasteiger partial charge in [0.15, 0.2) is 6.29 Å². The Labute approximate surface area is 188 Å². The molecule has 0 aromatic heterocycles. The SMILES string of the molecule is CCN(CC)CCOc1ccc(O)c(C(=O)Nc2cc(-c3ccccc3)ccc2C=O)c1. The van der Waals surface area contributed by atoms with Crippen LogP contribution in [-0.2, 0) is 0 Å². The Morgan fingerprint density at radius 3 is 2.44 bits per heavy atom. The molecule has 0 saturated carbocycles. The molecule has 1 amide bonds. The molecule has 0 spiro atoms. The van der Waals surface area contributed by atoms with E-state index in [0.29, 0.717) is 29.9 Å². The summed E-state index contributed by atoms with van der Waals surface area (Å²) in [4.78, 5) is 26.7. The normalized spacial score (nSPS) is 10.7. The number of amides is 1. The number of hydrogen-bond acceptors (Lipinski definition) is 5. The van der Waals surface area contributed by atoms with E-state index in [0.717, 1.165) is 30.8 Å². The summed E-state index contributed by atoms with van der Waals surface area (Å²) in [6.45, 7) is 7.29. The van der Waals surface area contributed by atoms with Crippen molar-refractivity contribution < 1.29 is 19.4 Å². The van der Waals surface area contributed by atoms with Crippen LogP contribution in [0.1, 0.15) is 34.6 Å². The number of benzene rings is 3. The second kappa shape index (κ2) is 11.1. The Kier molecular flexibility index (Phi) is 8.00. The molecule has 3 rings (SSSR count). The molecule has 0 saturated heterocycles. The van der Waals surface area contributed by atoms with E-state index in [1.807, 2.05) is 36.4 Å². The van der Waals surface area contributed by atoms with Crippen LogP contribution >= 0.6 is 0 Å². The maximum absolute atomic E-state index is 12.9. The number of ether oxygens (including phenoxy) is 1. The average molecular weight is 433 g/mol. The first-order chi connectivity index (χ1) is 15.5. The highest BCUT2D eigenvalue weighted by molar-refractivity contribution is 6.08. The Hall–Kier alpha value is -3.64. The number of aldehydes is 1. The Balaban J connectivity index is 1.78. The minimum Gasteiger partial charge on any atom is -0.507 e. The number of phenolic OH excluding ortho intramolecular Hbond substituents is 1. The molecule has 166 valence electrons. The van der Waals surface area contributed by atoms with Gasteiger partial charge >= 0.3 is 0 Å². The van der Waals surface area contributed by atoms with E-state index < -0.39 is 5.91 Å². The number of hydrogen-bond donors (Lipinski definition) is 2. The second-order valence-electron chi connectivity index (χ2n) is 7.29. The molecule has 0 radical (unpaired) electrons. The van der Waals surface area contributed by atoms with Gasteiger partial charge in [-0.3, -0.25) is 9.59 Å². The van der Waals surface area contributed by atoms with E-state index in [9.17, 15) is 14.7 Å². The van der Waals surface area contributed by atoms with Gasteiger partial charge in [-0.15, -0.1) is 0 Å². The summed E-state index contributed by atoms with van der Waals surface area (Å²) in [5, 5.41) is 13.0. The molecule has 0 fully saturated rings. The number of carbonyl (C=O) groups excluding carboxylic acids is 2. The van der Waals surface area contributed by atoms with Crippen LogP contribution in [0.5, 0.6) is 11.5 Å². The van der Waals surface area contributed by atoms with Crippen LogP contribution in [0.4, 0.5) is 5.69 Å². The van der Waals surface area contributed by atoms with Gasteiger partial charge in [-0.25, -0.2) is 0 Å². The molecule has 3 aromatic carbocycles. The number of nitrogens with one attached hydrogen (secondary N) is 1. The number of carbonyl (C=O) groups is 2. The topological polar surface area (TPSA) is 78.9 Å². The van der Waals surface area contributed by atoms with Crippen molar-refractivity contribution in [2.45, 2.75) is 13.8 Å². The summed E-state index contributed by atoms with van der Waals surface area (Å²) < 4.78 is 5.77. The van der Waals surface area contributed by atoms with E-state index in [2.05, 4.69) is 24.1 Å². The molecule has 0 bridgehead atoms. The molecule has 0 unspecified atom stereocenters. The van der Waals surface area contributed by atoms with Crippen LogP contribution in [0, 0.1) is 0 Å². The molecule has 32 heavy (non-hydrogen) atoms. The van der Waals surface area contributed by atoms with Crippen molar-refractivity contribution in [3.05, 3.63) is 77.9 Å². The lowest BCUT2D eigenvalue weighted by atomic mass is 10.0. The van der Waals surface area contributed by atoms with Gasteiger partial charge < -0.3 is 20.1 Å². The van der Waals surface area contributed by atoms with Crippen molar-refractivity contribution in [3.63, 3.8) is 0 Å². The van der Waals surface area contributed by atoms with Gasteiger partial charge in [-0.05, 0) is 54.5 Å². The molecule has 0 atom stereocenters. The zero-order valence-electron chi connectivity index (χ0n) is 18.4. The quantitative estimate of drug-likeness (QED) is 0.448. The van der Waals surface area contributed by atoms with Crippen molar-refractivity contribution in [3.8, 4) is 22.6 Å². The molecule has 3 aromatic rings. The van der Waals surface area contributed by atoms with Gasteiger partial charge in [0.1, 0.15) is 18.1 Å². The molecule has 0 heterocycles. The predicted molar refractivity (Wildman–Crippen MR) is 127 cm³/mol. The third-order valence-electron chi connectivity index (χ3n) is 5.32. The van der Waals surface area contributed by atoms with Crippen LogP contribution in [0.25, 0.3) is 11.1 Å². The zero-order chi connectivity index (χ0) is 22.9. The van der Waals surface area contributed by atoms with Gasteiger partial charge in [0.2, 0.25) is 0 Å². The molecular weight excluding hydrogens is 404 g/mol. The summed E-state index contributed by atoms with van der Waals surface area (Å²) in [7, 11) is 0. The summed E-state index contributed by atoms with van der Waals surface area (Å²) >= 11 is 0. The number of likely N-dealkylation sites (N-methyl/N-ethyl adjacent to an activating group) is 1. The van der Waals surface area contributed by atoms with Gasteiger partial charge in [0.05, 0.1) is 11.3 Å². The van der Waals surface area contributed by atoms with Crippen molar-refractivity contribution in [2.24, 2.45) is 0 Å². The fourth-order valence-electron chi connectivity index (χ4n) is 3.39. The van der Waals surface area contributed by atoms with Crippen molar-refractivity contribution in [1.82, 2.24) is 4.90 Å². The van der Waals surface area contributed by atoms with Gasteiger partial charge in [0.25, 0.3) is 5.91 Å². The second-order valence-corrected chi connectivity index (χ2v) is 7.29. The van der Waals surface area contributed by atoms with Crippen LogP contribution in [0.2, 0.25) is 0 Å². The molecule has 2 N–H and O–H groups in total. The van der Waals surface area contributed by atoms with E-state index in [-0.39, 0.29) is 11.3 Å². The molecule has 6 nitrogen and oxygen atoms in total. The highest BCUT2D eigenvalue weighted by atomic mass is 16.5. The summed E-state index contributed by atoms with van der Waals surface area (Å²) in [5.41, 5.74) is 2.63. The van der Waals surface area contributed by atoms with Crippen LogP contribution in [-0.4, -0.2) is 48.4 Å². The Bertz CT molecular complexity index is 1060. The minimum atomic E-state index is -0.523.